The van der Waals surface area contributed by atoms with Crippen LogP contribution in [-0.2, 0) is 6.54 Å². The molecule has 0 aliphatic rings. The quantitative estimate of drug-likeness (QED) is 0.775. The first kappa shape index (κ1) is 13.8. The standard InChI is InChI=1S/C18H23N/c1-4-10-19-13-16-8-9-18(15(3)12-16)17-7-5-6-14(2)11-17/h5-9,11-12,19H,4,10,13H2,1-3H3. The molecule has 0 aromatic heterocycles. The fourth-order valence-electron chi connectivity index (χ4n) is 2.38. The first-order chi connectivity index (χ1) is 9.20. The Kier molecular flexibility index (Phi) is 4.75. The van der Waals surface area contributed by atoms with Crippen LogP contribution in [0.3, 0.4) is 0 Å². The van der Waals surface area contributed by atoms with E-state index in [4.69, 9.17) is 0 Å². The number of hydrogen-bond donors (Lipinski definition) is 1. The molecule has 1 nitrogen and oxygen atoms in total. The highest BCUT2D eigenvalue weighted by molar-refractivity contribution is 5.68. The molecular weight excluding hydrogens is 230 g/mol. The van der Waals surface area contributed by atoms with Gasteiger partial charge in [-0.2, -0.15) is 0 Å². The predicted molar refractivity (Wildman–Crippen MR) is 83.3 cm³/mol. The van der Waals surface area contributed by atoms with Crippen molar-refractivity contribution in [1.29, 1.82) is 0 Å². The van der Waals surface area contributed by atoms with E-state index in [0.717, 1.165) is 13.1 Å². The lowest BCUT2D eigenvalue weighted by molar-refractivity contribution is 0.675. The van der Waals surface area contributed by atoms with E-state index in [1.165, 1.54) is 34.2 Å². The number of hydrogen-bond acceptors (Lipinski definition) is 1. The fraction of sp³-hybridized carbons (Fsp3) is 0.333. The Hall–Kier alpha value is -1.60. The Morgan fingerprint density at radius 1 is 1.00 bits per heavy atom. The largest absolute Gasteiger partial charge is 0.313 e. The summed E-state index contributed by atoms with van der Waals surface area (Å²) in [4.78, 5) is 0. The summed E-state index contributed by atoms with van der Waals surface area (Å²) in [6.07, 6.45) is 1.18. The molecule has 2 aromatic carbocycles. The van der Waals surface area contributed by atoms with Crippen LogP contribution in [0.25, 0.3) is 11.1 Å². The predicted octanol–water partition coefficient (Wildman–Crippen LogP) is 4.47. The molecule has 1 N–H and O–H groups in total. The van der Waals surface area contributed by atoms with E-state index in [1.54, 1.807) is 0 Å². The minimum absolute atomic E-state index is 0.961. The second kappa shape index (κ2) is 6.53. The summed E-state index contributed by atoms with van der Waals surface area (Å²) in [5, 5.41) is 3.45. The van der Waals surface area contributed by atoms with Gasteiger partial charge in [-0.05, 0) is 49.1 Å². The molecule has 19 heavy (non-hydrogen) atoms. The Balaban J connectivity index is 2.19. The third-order valence-electron chi connectivity index (χ3n) is 3.38. The monoisotopic (exact) mass is 253 g/mol. The average molecular weight is 253 g/mol. The third-order valence-corrected chi connectivity index (χ3v) is 3.38. The fourth-order valence-corrected chi connectivity index (χ4v) is 2.38. The molecule has 2 rings (SSSR count). The number of benzene rings is 2. The van der Waals surface area contributed by atoms with Crippen LogP contribution in [0.4, 0.5) is 0 Å². The van der Waals surface area contributed by atoms with Crippen LogP contribution in [0, 0.1) is 13.8 Å². The van der Waals surface area contributed by atoms with Crippen LogP contribution in [0.1, 0.15) is 30.0 Å². The highest BCUT2D eigenvalue weighted by atomic mass is 14.8. The van der Waals surface area contributed by atoms with E-state index in [9.17, 15) is 0 Å². The van der Waals surface area contributed by atoms with Crippen molar-refractivity contribution in [3.8, 4) is 11.1 Å². The van der Waals surface area contributed by atoms with E-state index < -0.39 is 0 Å². The zero-order valence-electron chi connectivity index (χ0n) is 12.2. The van der Waals surface area contributed by atoms with Crippen LogP contribution in [0.15, 0.2) is 42.5 Å². The van der Waals surface area contributed by atoms with Crippen molar-refractivity contribution < 1.29 is 0 Å². The van der Waals surface area contributed by atoms with Gasteiger partial charge in [-0.15, -0.1) is 0 Å². The highest BCUT2D eigenvalue weighted by Gasteiger charge is 2.03. The second-order valence-electron chi connectivity index (χ2n) is 5.20. The first-order valence-corrected chi connectivity index (χ1v) is 7.08. The molecule has 0 aliphatic heterocycles. The Morgan fingerprint density at radius 3 is 2.53 bits per heavy atom. The van der Waals surface area contributed by atoms with Gasteiger partial charge in [-0.1, -0.05) is 55.0 Å². The summed E-state index contributed by atoms with van der Waals surface area (Å²) in [6.45, 7) is 8.57. The maximum Gasteiger partial charge on any atom is 0.0205 e. The Bertz CT molecular complexity index is 543. The van der Waals surface area contributed by atoms with Crippen molar-refractivity contribution in [3.63, 3.8) is 0 Å². The summed E-state index contributed by atoms with van der Waals surface area (Å²) in [7, 11) is 0. The van der Waals surface area contributed by atoms with Crippen LogP contribution >= 0.6 is 0 Å². The van der Waals surface area contributed by atoms with E-state index in [1.807, 2.05) is 0 Å². The molecule has 2 aromatic rings. The van der Waals surface area contributed by atoms with Gasteiger partial charge in [0.15, 0.2) is 0 Å². The number of aryl methyl sites for hydroxylation is 2. The molecule has 0 bridgehead atoms. The lowest BCUT2D eigenvalue weighted by Gasteiger charge is -2.10. The number of rotatable bonds is 5. The molecule has 100 valence electrons. The van der Waals surface area contributed by atoms with Crippen molar-refractivity contribution in [3.05, 3.63) is 59.2 Å². The van der Waals surface area contributed by atoms with E-state index in [-0.39, 0.29) is 0 Å². The lowest BCUT2D eigenvalue weighted by Crippen LogP contribution is -2.13. The van der Waals surface area contributed by atoms with Crippen molar-refractivity contribution in [1.82, 2.24) is 5.32 Å². The van der Waals surface area contributed by atoms with Crippen LogP contribution in [0.2, 0.25) is 0 Å². The van der Waals surface area contributed by atoms with Crippen molar-refractivity contribution in [2.45, 2.75) is 33.7 Å². The summed E-state index contributed by atoms with van der Waals surface area (Å²) in [6, 6.07) is 15.5. The van der Waals surface area contributed by atoms with Gasteiger partial charge < -0.3 is 5.32 Å². The van der Waals surface area contributed by atoms with Gasteiger partial charge in [0.2, 0.25) is 0 Å². The Labute approximate surface area is 116 Å². The van der Waals surface area contributed by atoms with Gasteiger partial charge in [0, 0.05) is 6.54 Å². The molecule has 0 unspecified atom stereocenters. The van der Waals surface area contributed by atoms with Gasteiger partial charge in [-0.3, -0.25) is 0 Å². The van der Waals surface area contributed by atoms with Crippen molar-refractivity contribution in [2.24, 2.45) is 0 Å². The van der Waals surface area contributed by atoms with Gasteiger partial charge >= 0.3 is 0 Å². The van der Waals surface area contributed by atoms with Gasteiger partial charge in [0.1, 0.15) is 0 Å². The van der Waals surface area contributed by atoms with Gasteiger partial charge in [0.05, 0.1) is 0 Å². The van der Waals surface area contributed by atoms with Crippen molar-refractivity contribution in [2.75, 3.05) is 6.54 Å². The maximum atomic E-state index is 3.45. The molecule has 0 saturated heterocycles. The second-order valence-corrected chi connectivity index (χ2v) is 5.20. The number of nitrogens with one attached hydrogen (secondary N) is 1. The zero-order valence-corrected chi connectivity index (χ0v) is 12.2. The molecule has 0 heterocycles. The highest BCUT2D eigenvalue weighted by Crippen LogP contribution is 2.25. The summed E-state index contributed by atoms with van der Waals surface area (Å²) in [5.41, 5.74) is 6.67. The molecular formula is C18H23N. The zero-order chi connectivity index (χ0) is 13.7. The molecule has 0 radical (unpaired) electrons. The summed E-state index contributed by atoms with van der Waals surface area (Å²) in [5.74, 6) is 0. The summed E-state index contributed by atoms with van der Waals surface area (Å²) < 4.78 is 0. The van der Waals surface area contributed by atoms with E-state index >= 15 is 0 Å². The lowest BCUT2D eigenvalue weighted by atomic mass is 9.97. The Morgan fingerprint density at radius 2 is 1.84 bits per heavy atom. The average Bonchev–Trinajstić information content (AvgIpc) is 2.39. The van der Waals surface area contributed by atoms with Gasteiger partial charge in [0.25, 0.3) is 0 Å². The van der Waals surface area contributed by atoms with Crippen LogP contribution < -0.4 is 5.32 Å². The van der Waals surface area contributed by atoms with E-state index in [0.29, 0.717) is 0 Å². The van der Waals surface area contributed by atoms with E-state index in [2.05, 4.69) is 68.6 Å². The minimum Gasteiger partial charge on any atom is -0.313 e. The van der Waals surface area contributed by atoms with Crippen LogP contribution in [-0.4, -0.2) is 6.54 Å². The first-order valence-electron chi connectivity index (χ1n) is 7.08. The third kappa shape index (κ3) is 3.68. The maximum absolute atomic E-state index is 3.45. The normalized spacial score (nSPS) is 10.7. The molecule has 0 fully saturated rings. The molecule has 0 atom stereocenters. The molecule has 0 spiro atoms. The molecule has 1 heteroatoms. The molecule has 0 saturated carbocycles. The van der Waals surface area contributed by atoms with Crippen LogP contribution in [0.5, 0.6) is 0 Å². The SMILES string of the molecule is CCCNCc1ccc(-c2cccc(C)c2)c(C)c1. The summed E-state index contributed by atoms with van der Waals surface area (Å²) >= 11 is 0. The van der Waals surface area contributed by atoms with Crippen molar-refractivity contribution >= 4 is 0 Å². The minimum atomic E-state index is 0.961. The molecule has 0 aliphatic carbocycles. The topological polar surface area (TPSA) is 12.0 Å². The smallest absolute Gasteiger partial charge is 0.0205 e. The molecule has 0 amide bonds. The van der Waals surface area contributed by atoms with Gasteiger partial charge in [-0.25, -0.2) is 0 Å².